The molecule has 126 valence electrons. The fourth-order valence-electron chi connectivity index (χ4n) is 2.43. The molecular weight excluding hydrogens is 338 g/mol. The molecule has 1 aromatic heterocycles. The lowest BCUT2D eigenvalue weighted by molar-refractivity contribution is -0.125. The van der Waals surface area contributed by atoms with Crippen LogP contribution in [0.5, 0.6) is 11.5 Å². The van der Waals surface area contributed by atoms with Crippen molar-refractivity contribution in [2.24, 2.45) is 0 Å². The Balaban J connectivity index is 1.44. The lowest BCUT2D eigenvalue weighted by Gasteiger charge is -2.25. The predicted octanol–water partition coefficient (Wildman–Crippen LogP) is 3.29. The van der Waals surface area contributed by atoms with Gasteiger partial charge >= 0.3 is 0 Å². The molecule has 3 aromatic rings. The number of fused-ring (bicyclic) bond motifs is 1. The van der Waals surface area contributed by atoms with Gasteiger partial charge in [0, 0.05) is 17.1 Å². The monoisotopic (exact) mass is 353 g/mol. The molecule has 6 nitrogen and oxygen atoms in total. The van der Waals surface area contributed by atoms with Gasteiger partial charge in [0.05, 0.1) is 0 Å². The number of carbonyl (C=O) groups excluding carboxylic acids is 1. The van der Waals surface area contributed by atoms with Gasteiger partial charge in [-0.3, -0.25) is 10.1 Å². The predicted molar refractivity (Wildman–Crippen MR) is 95.1 cm³/mol. The fraction of sp³-hybridized carbons (Fsp3) is 0.167. The summed E-state index contributed by atoms with van der Waals surface area (Å²) in [5, 5.41) is 3.18. The first-order valence-electron chi connectivity index (χ1n) is 7.79. The highest BCUT2D eigenvalue weighted by Crippen LogP contribution is 2.31. The SMILES string of the molecule is Cc1ccc(-c2nsc(NC(=O)[C@@H]3COc4ccccc4O3)n2)cc1. The van der Waals surface area contributed by atoms with Crippen molar-refractivity contribution in [1.29, 1.82) is 0 Å². The Bertz CT molecular complexity index is 908. The molecule has 1 aliphatic rings. The minimum atomic E-state index is -0.721. The molecule has 2 aromatic carbocycles. The number of benzene rings is 2. The smallest absolute Gasteiger partial charge is 0.270 e. The van der Waals surface area contributed by atoms with Crippen LogP contribution in [0.25, 0.3) is 11.4 Å². The Kier molecular flexibility index (Phi) is 4.07. The molecule has 0 spiro atoms. The number of hydrogen-bond donors (Lipinski definition) is 1. The molecule has 0 radical (unpaired) electrons. The van der Waals surface area contributed by atoms with Gasteiger partial charge in [-0.2, -0.15) is 9.36 Å². The molecule has 0 saturated carbocycles. The van der Waals surface area contributed by atoms with Crippen LogP contribution < -0.4 is 14.8 Å². The number of hydrogen-bond acceptors (Lipinski definition) is 6. The quantitative estimate of drug-likeness (QED) is 0.782. The van der Waals surface area contributed by atoms with Gasteiger partial charge < -0.3 is 9.47 Å². The van der Waals surface area contributed by atoms with Crippen molar-refractivity contribution < 1.29 is 14.3 Å². The molecule has 1 N–H and O–H groups in total. The van der Waals surface area contributed by atoms with Gasteiger partial charge in [0.15, 0.2) is 17.3 Å². The van der Waals surface area contributed by atoms with E-state index in [1.165, 1.54) is 5.56 Å². The molecule has 25 heavy (non-hydrogen) atoms. The van der Waals surface area contributed by atoms with Crippen molar-refractivity contribution in [3.05, 3.63) is 54.1 Å². The number of amides is 1. The van der Waals surface area contributed by atoms with Crippen LogP contribution in [0, 0.1) is 6.92 Å². The average Bonchev–Trinajstić information content (AvgIpc) is 3.10. The molecular formula is C18H15N3O3S. The Morgan fingerprint density at radius 2 is 1.92 bits per heavy atom. The van der Waals surface area contributed by atoms with Gasteiger partial charge in [-0.15, -0.1) is 0 Å². The van der Waals surface area contributed by atoms with Crippen molar-refractivity contribution in [3.63, 3.8) is 0 Å². The third-order valence-electron chi connectivity index (χ3n) is 3.77. The Morgan fingerprint density at radius 1 is 1.16 bits per heavy atom. The summed E-state index contributed by atoms with van der Waals surface area (Å²) in [6.07, 6.45) is -0.721. The third-order valence-corrected chi connectivity index (χ3v) is 4.40. The standard InChI is InChI=1S/C18H15N3O3S/c1-11-6-8-12(9-7-11)16-19-18(25-21-16)20-17(22)15-10-23-13-4-2-3-5-14(13)24-15/h2-9,15H,10H2,1H3,(H,19,20,21,22)/t15-/m0/s1. The number of aromatic nitrogens is 2. The van der Waals surface area contributed by atoms with Crippen LogP contribution >= 0.6 is 11.5 Å². The molecule has 0 aliphatic carbocycles. The van der Waals surface area contributed by atoms with Crippen molar-refractivity contribution in [1.82, 2.24) is 9.36 Å². The van der Waals surface area contributed by atoms with E-state index in [1.807, 2.05) is 49.4 Å². The normalized spacial score (nSPS) is 15.6. The van der Waals surface area contributed by atoms with E-state index in [0.29, 0.717) is 22.5 Å². The van der Waals surface area contributed by atoms with Crippen LogP contribution in [0.4, 0.5) is 5.13 Å². The summed E-state index contributed by atoms with van der Waals surface area (Å²) < 4.78 is 15.5. The zero-order chi connectivity index (χ0) is 17.2. The zero-order valence-corrected chi connectivity index (χ0v) is 14.2. The maximum absolute atomic E-state index is 12.4. The summed E-state index contributed by atoms with van der Waals surface area (Å²) >= 11 is 1.14. The summed E-state index contributed by atoms with van der Waals surface area (Å²) in [6.45, 7) is 2.18. The summed E-state index contributed by atoms with van der Waals surface area (Å²) in [7, 11) is 0. The number of ether oxygens (including phenoxy) is 2. The number of para-hydroxylation sites is 2. The van der Waals surface area contributed by atoms with Gasteiger partial charge in [0.1, 0.15) is 6.61 Å². The molecule has 0 fully saturated rings. The second-order valence-corrected chi connectivity index (χ2v) is 6.39. The highest BCUT2D eigenvalue weighted by atomic mass is 32.1. The minimum absolute atomic E-state index is 0.159. The number of anilines is 1. The van der Waals surface area contributed by atoms with Crippen LogP contribution in [0.15, 0.2) is 48.5 Å². The number of nitrogens with zero attached hydrogens (tertiary/aromatic N) is 2. The first kappa shape index (κ1) is 15.6. The van der Waals surface area contributed by atoms with Crippen LogP contribution in [0.2, 0.25) is 0 Å². The van der Waals surface area contributed by atoms with Gasteiger partial charge in [-0.05, 0) is 19.1 Å². The van der Waals surface area contributed by atoms with E-state index in [4.69, 9.17) is 9.47 Å². The molecule has 2 heterocycles. The van der Waals surface area contributed by atoms with Crippen LogP contribution in [0.3, 0.4) is 0 Å². The van der Waals surface area contributed by atoms with E-state index in [0.717, 1.165) is 17.1 Å². The van der Waals surface area contributed by atoms with Crippen molar-refractivity contribution in [2.45, 2.75) is 13.0 Å². The first-order valence-corrected chi connectivity index (χ1v) is 8.56. The van der Waals surface area contributed by atoms with E-state index < -0.39 is 6.10 Å². The lowest BCUT2D eigenvalue weighted by Crippen LogP contribution is -2.40. The summed E-state index contributed by atoms with van der Waals surface area (Å²) in [5.41, 5.74) is 2.08. The van der Waals surface area contributed by atoms with E-state index in [-0.39, 0.29) is 12.5 Å². The summed E-state index contributed by atoms with van der Waals surface area (Å²) in [6, 6.07) is 15.2. The Labute approximate surface area is 148 Å². The second-order valence-electron chi connectivity index (χ2n) is 5.64. The van der Waals surface area contributed by atoms with Crippen molar-refractivity contribution >= 4 is 22.6 Å². The van der Waals surface area contributed by atoms with E-state index in [1.54, 1.807) is 6.07 Å². The highest BCUT2D eigenvalue weighted by Gasteiger charge is 2.28. The molecule has 0 unspecified atom stereocenters. The molecule has 0 saturated heterocycles. The number of aryl methyl sites for hydroxylation is 1. The molecule has 0 bridgehead atoms. The largest absolute Gasteiger partial charge is 0.485 e. The van der Waals surface area contributed by atoms with Gasteiger partial charge in [-0.25, -0.2) is 0 Å². The van der Waals surface area contributed by atoms with E-state index in [2.05, 4.69) is 14.7 Å². The van der Waals surface area contributed by atoms with Crippen molar-refractivity contribution in [2.75, 3.05) is 11.9 Å². The van der Waals surface area contributed by atoms with E-state index >= 15 is 0 Å². The first-order chi connectivity index (χ1) is 12.2. The number of rotatable bonds is 3. The molecule has 1 amide bonds. The Hall–Kier alpha value is -2.93. The second kappa shape index (κ2) is 6.52. The molecule has 4 rings (SSSR count). The van der Waals surface area contributed by atoms with Crippen LogP contribution in [-0.4, -0.2) is 28.0 Å². The number of carbonyl (C=O) groups is 1. The topological polar surface area (TPSA) is 73.3 Å². The fourth-order valence-corrected chi connectivity index (χ4v) is 3.02. The maximum atomic E-state index is 12.4. The molecule has 1 aliphatic heterocycles. The minimum Gasteiger partial charge on any atom is -0.485 e. The van der Waals surface area contributed by atoms with Gasteiger partial charge in [-0.1, -0.05) is 42.0 Å². The Morgan fingerprint density at radius 3 is 2.72 bits per heavy atom. The van der Waals surface area contributed by atoms with Crippen LogP contribution in [0.1, 0.15) is 5.56 Å². The highest BCUT2D eigenvalue weighted by molar-refractivity contribution is 7.10. The van der Waals surface area contributed by atoms with E-state index in [9.17, 15) is 4.79 Å². The third kappa shape index (κ3) is 3.32. The van der Waals surface area contributed by atoms with Gasteiger partial charge in [0.25, 0.3) is 5.91 Å². The van der Waals surface area contributed by atoms with Gasteiger partial charge in [0.2, 0.25) is 11.2 Å². The van der Waals surface area contributed by atoms with Crippen LogP contribution in [-0.2, 0) is 4.79 Å². The molecule has 1 atom stereocenters. The molecule has 7 heteroatoms. The average molecular weight is 353 g/mol. The van der Waals surface area contributed by atoms with Crippen molar-refractivity contribution in [3.8, 4) is 22.9 Å². The lowest BCUT2D eigenvalue weighted by atomic mass is 10.1. The summed E-state index contributed by atoms with van der Waals surface area (Å²) in [4.78, 5) is 16.8. The maximum Gasteiger partial charge on any atom is 0.270 e. The summed E-state index contributed by atoms with van der Waals surface area (Å²) in [5.74, 6) is 1.49. The number of nitrogens with one attached hydrogen (secondary N) is 1. The zero-order valence-electron chi connectivity index (χ0n) is 13.4.